The quantitative estimate of drug-likeness (QED) is 0.876. The molecule has 0 spiro atoms. The molecule has 1 heterocycles. The van der Waals surface area contributed by atoms with Crippen LogP contribution < -0.4 is 5.73 Å². The Bertz CT molecular complexity index is 583. The van der Waals surface area contributed by atoms with E-state index in [0.717, 1.165) is 12.7 Å². The van der Waals surface area contributed by atoms with E-state index in [4.69, 9.17) is 5.73 Å². The van der Waals surface area contributed by atoms with Gasteiger partial charge in [-0.15, -0.1) is 0 Å². The maximum Gasteiger partial charge on any atom is 0.253 e. The van der Waals surface area contributed by atoms with Gasteiger partial charge in [0.05, 0.1) is 4.90 Å². The van der Waals surface area contributed by atoms with E-state index in [-0.39, 0.29) is 10.8 Å². The molecular weight excluding hydrogens is 264 g/mol. The van der Waals surface area contributed by atoms with Gasteiger partial charge in [-0.2, -0.15) is 0 Å². The first kappa shape index (κ1) is 14.0. The predicted molar refractivity (Wildman–Crippen MR) is 72.6 cm³/mol. The van der Waals surface area contributed by atoms with Gasteiger partial charge in [0.25, 0.3) is 5.91 Å². The van der Waals surface area contributed by atoms with E-state index in [1.54, 1.807) is 17.0 Å². The number of carbonyl (C=O) groups excluding carboxylic acids is 1. The third-order valence-corrected chi connectivity index (χ3v) is 4.53. The van der Waals surface area contributed by atoms with Crippen molar-refractivity contribution in [3.05, 3.63) is 29.8 Å². The Morgan fingerprint density at radius 2 is 2.21 bits per heavy atom. The summed E-state index contributed by atoms with van der Waals surface area (Å²) < 4.78 is 23.0. The molecule has 1 amide bonds. The van der Waals surface area contributed by atoms with Gasteiger partial charge >= 0.3 is 0 Å². The molecule has 1 aromatic carbocycles. The fourth-order valence-corrected chi connectivity index (χ4v) is 2.92. The molecule has 0 aliphatic carbocycles. The van der Waals surface area contributed by atoms with Crippen molar-refractivity contribution >= 4 is 15.7 Å². The number of rotatable bonds is 3. The number of likely N-dealkylation sites (tertiary alicyclic amines) is 1. The van der Waals surface area contributed by atoms with Crippen LogP contribution in [0.25, 0.3) is 0 Å². The average molecular weight is 282 g/mol. The Morgan fingerprint density at radius 1 is 1.47 bits per heavy atom. The fourth-order valence-electron chi connectivity index (χ4n) is 2.25. The third kappa shape index (κ3) is 3.13. The lowest BCUT2D eigenvalue weighted by Crippen LogP contribution is -2.29. The number of nitrogens with zero attached hydrogens (tertiary/aromatic N) is 1. The normalized spacial score (nSPS) is 19.7. The minimum Gasteiger partial charge on any atom is -0.338 e. The fraction of sp³-hybridized carbons (Fsp3) is 0.462. The van der Waals surface area contributed by atoms with Crippen molar-refractivity contribution in [2.45, 2.75) is 11.3 Å². The lowest BCUT2D eigenvalue weighted by Gasteiger charge is -2.16. The van der Waals surface area contributed by atoms with E-state index in [1.165, 1.54) is 12.1 Å². The molecule has 1 saturated heterocycles. The second kappa shape index (κ2) is 5.30. The van der Waals surface area contributed by atoms with Crippen LogP contribution in [0.2, 0.25) is 0 Å². The van der Waals surface area contributed by atoms with Crippen LogP contribution in [0.3, 0.4) is 0 Å². The van der Waals surface area contributed by atoms with E-state index < -0.39 is 9.84 Å². The second-order valence-electron chi connectivity index (χ2n) is 4.94. The zero-order valence-corrected chi connectivity index (χ0v) is 11.7. The van der Waals surface area contributed by atoms with Gasteiger partial charge in [0, 0.05) is 24.9 Å². The molecule has 0 radical (unpaired) electrons. The standard InChI is InChI=1S/C13H18N2O3S/c1-19(17,18)12-4-2-3-11(7-12)13(16)15-6-5-10(8-14)9-15/h2-4,7,10H,5-6,8-9,14H2,1H3. The summed E-state index contributed by atoms with van der Waals surface area (Å²) >= 11 is 0. The van der Waals surface area contributed by atoms with E-state index in [0.29, 0.717) is 31.1 Å². The highest BCUT2D eigenvalue weighted by Gasteiger charge is 2.26. The summed E-state index contributed by atoms with van der Waals surface area (Å²) in [5.74, 6) is 0.225. The van der Waals surface area contributed by atoms with Crippen molar-refractivity contribution in [2.75, 3.05) is 25.9 Å². The van der Waals surface area contributed by atoms with Crippen molar-refractivity contribution in [1.82, 2.24) is 4.90 Å². The first-order valence-corrected chi connectivity index (χ1v) is 8.10. The summed E-state index contributed by atoms with van der Waals surface area (Å²) in [6, 6.07) is 6.18. The van der Waals surface area contributed by atoms with E-state index in [1.807, 2.05) is 0 Å². The molecule has 1 unspecified atom stereocenters. The number of hydrogen-bond acceptors (Lipinski definition) is 4. The smallest absolute Gasteiger partial charge is 0.253 e. The number of nitrogens with two attached hydrogens (primary N) is 1. The molecule has 0 bridgehead atoms. The molecule has 1 fully saturated rings. The molecule has 2 rings (SSSR count). The van der Waals surface area contributed by atoms with Crippen LogP contribution in [0.4, 0.5) is 0 Å². The van der Waals surface area contributed by atoms with Crippen molar-refractivity contribution in [3.8, 4) is 0 Å². The molecule has 0 aromatic heterocycles. The monoisotopic (exact) mass is 282 g/mol. The van der Waals surface area contributed by atoms with Crippen LogP contribution >= 0.6 is 0 Å². The lowest BCUT2D eigenvalue weighted by atomic mass is 10.1. The molecule has 6 heteroatoms. The van der Waals surface area contributed by atoms with E-state index in [9.17, 15) is 13.2 Å². The highest BCUT2D eigenvalue weighted by molar-refractivity contribution is 7.90. The average Bonchev–Trinajstić information content (AvgIpc) is 2.86. The lowest BCUT2D eigenvalue weighted by molar-refractivity contribution is 0.0787. The number of hydrogen-bond donors (Lipinski definition) is 1. The van der Waals surface area contributed by atoms with E-state index >= 15 is 0 Å². The van der Waals surface area contributed by atoms with Gasteiger partial charge in [0.15, 0.2) is 9.84 Å². The highest BCUT2D eigenvalue weighted by Crippen LogP contribution is 2.19. The Balaban J connectivity index is 2.21. The van der Waals surface area contributed by atoms with Crippen molar-refractivity contribution in [1.29, 1.82) is 0 Å². The SMILES string of the molecule is CS(=O)(=O)c1cccc(C(=O)N2CCC(CN)C2)c1. The molecule has 19 heavy (non-hydrogen) atoms. The molecule has 1 aromatic rings. The number of carbonyl (C=O) groups is 1. The van der Waals surface area contributed by atoms with Crippen LogP contribution in [-0.2, 0) is 9.84 Å². The summed E-state index contributed by atoms with van der Waals surface area (Å²) in [5, 5.41) is 0. The molecule has 0 saturated carbocycles. The molecular formula is C13H18N2O3S. The van der Waals surface area contributed by atoms with Gasteiger partial charge in [-0.1, -0.05) is 6.07 Å². The van der Waals surface area contributed by atoms with Crippen LogP contribution in [0.1, 0.15) is 16.8 Å². The number of sulfone groups is 1. The van der Waals surface area contributed by atoms with Crippen LogP contribution in [0.5, 0.6) is 0 Å². The highest BCUT2D eigenvalue weighted by atomic mass is 32.2. The summed E-state index contributed by atoms with van der Waals surface area (Å²) in [4.78, 5) is 14.2. The zero-order chi connectivity index (χ0) is 14.0. The summed E-state index contributed by atoms with van der Waals surface area (Å²) in [7, 11) is -3.29. The number of benzene rings is 1. The summed E-state index contributed by atoms with van der Waals surface area (Å²) in [6.45, 7) is 1.91. The maximum absolute atomic E-state index is 12.3. The molecule has 1 aliphatic rings. The third-order valence-electron chi connectivity index (χ3n) is 3.42. The predicted octanol–water partition coefficient (Wildman–Crippen LogP) is 0.511. The van der Waals surface area contributed by atoms with Crippen LogP contribution in [0.15, 0.2) is 29.2 Å². The van der Waals surface area contributed by atoms with Gasteiger partial charge in [0.1, 0.15) is 0 Å². The summed E-state index contributed by atoms with van der Waals surface area (Å²) in [5.41, 5.74) is 6.02. The Hall–Kier alpha value is -1.40. The minimum absolute atomic E-state index is 0.124. The maximum atomic E-state index is 12.3. The Morgan fingerprint density at radius 3 is 2.79 bits per heavy atom. The van der Waals surface area contributed by atoms with Gasteiger partial charge in [-0.25, -0.2) is 8.42 Å². The van der Waals surface area contributed by atoms with Crippen LogP contribution in [0, 0.1) is 5.92 Å². The molecule has 104 valence electrons. The van der Waals surface area contributed by atoms with Crippen molar-refractivity contribution in [3.63, 3.8) is 0 Å². The molecule has 2 N–H and O–H groups in total. The first-order chi connectivity index (χ1) is 8.91. The van der Waals surface area contributed by atoms with Gasteiger partial charge in [0.2, 0.25) is 0 Å². The van der Waals surface area contributed by atoms with E-state index in [2.05, 4.69) is 0 Å². The Labute approximate surface area is 113 Å². The topological polar surface area (TPSA) is 80.5 Å². The number of amides is 1. The zero-order valence-electron chi connectivity index (χ0n) is 10.9. The minimum atomic E-state index is -3.29. The molecule has 5 nitrogen and oxygen atoms in total. The van der Waals surface area contributed by atoms with Gasteiger partial charge in [-0.3, -0.25) is 4.79 Å². The van der Waals surface area contributed by atoms with Crippen molar-refractivity contribution in [2.24, 2.45) is 11.7 Å². The molecule has 1 atom stereocenters. The first-order valence-electron chi connectivity index (χ1n) is 6.21. The van der Waals surface area contributed by atoms with Crippen molar-refractivity contribution < 1.29 is 13.2 Å². The van der Waals surface area contributed by atoms with Gasteiger partial charge < -0.3 is 10.6 Å². The largest absolute Gasteiger partial charge is 0.338 e. The Kier molecular flexibility index (Phi) is 3.91. The molecule has 1 aliphatic heterocycles. The second-order valence-corrected chi connectivity index (χ2v) is 6.96. The van der Waals surface area contributed by atoms with Gasteiger partial charge in [-0.05, 0) is 37.1 Å². The summed E-state index contributed by atoms with van der Waals surface area (Å²) in [6.07, 6.45) is 2.05. The van der Waals surface area contributed by atoms with Crippen LogP contribution in [-0.4, -0.2) is 45.1 Å².